The van der Waals surface area contributed by atoms with Crippen molar-refractivity contribution in [3.63, 3.8) is 0 Å². The number of hydrogen-bond acceptors (Lipinski definition) is 3. The van der Waals surface area contributed by atoms with Crippen molar-refractivity contribution in [1.82, 2.24) is 9.78 Å². The van der Waals surface area contributed by atoms with Gasteiger partial charge in [0, 0.05) is 11.8 Å². The van der Waals surface area contributed by atoms with Gasteiger partial charge in [-0.1, -0.05) is 24.3 Å². The van der Waals surface area contributed by atoms with Gasteiger partial charge in [-0.15, -0.1) is 0 Å². The van der Waals surface area contributed by atoms with Crippen molar-refractivity contribution in [2.24, 2.45) is 0 Å². The first kappa shape index (κ1) is 12.8. The van der Waals surface area contributed by atoms with E-state index in [9.17, 15) is 17.8 Å². The van der Waals surface area contributed by atoms with Gasteiger partial charge in [-0.25, -0.2) is 4.68 Å². The Hall–Kier alpha value is -1.60. The number of rotatable bonds is 2. The molecule has 0 saturated carbocycles. The largest absolute Gasteiger partial charge is 0.299 e. The molecule has 0 aromatic carbocycles. The highest BCUT2D eigenvalue weighted by Gasteiger charge is 2.45. The summed E-state index contributed by atoms with van der Waals surface area (Å²) in [4.78, 5) is 11.8. The van der Waals surface area contributed by atoms with Crippen LogP contribution in [0.4, 0.5) is 0 Å². The summed E-state index contributed by atoms with van der Waals surface area (Å²) < 4.78 is 32.1. The minimum absolute atomic E-state index is 0.340. The highest BCUT2D eigenvalue weighted by Crippen LogP contribution is 2.34. The molecule has 1 aliphatic carbocycles. The van der Waals surface area contributed by atoms with Crippen molar-refractivity contribution in [1.29, 1.82) is 0 Å². The zero-order valence-corrected chi connectivity index (χ0v) is 10.8. The van der Waals surface area contributed by atoms with Crippen molar-refractivity contribution in [2.75, 3.05) is 0 Å². The molecule has 18 heavy (non-hydrogen) atoms. The number of nitrogens with zero attached hydrogens (tertiary/aromatic N) is 1. The van der Waals surface area contributed by atoms with E-state index < -0.39 is 20.9 Å². The van der Waals surface area contributed by atoms with Gasteiger partial charge in [-0.3, -0.25) is 14.4 Å². The summed E-state index contributed by atoms with van der Waals surface area (Å²) in [7, 11) is -4.35. The van der Waals surface area contributed by atoms with E-state index in [1.807, 2.05) is 0 Å². The van der Waals surface area contributed by atoms with E-state index in [0.29, 0.717) is 5.69 Å². The number of aryl methyl sites for hydroxylation is 1. The smallest absolute Gasteiger partial charge is 0.276 e. The Morgan fingerprint density at radius 2 is 2.11 bits per heavy atom. The number of hydrogen-bond donors (Lipinski definition) is 2. The van der Waals surface area contributed by atoms with Crippen LogP contribution in [-0.4, -0.2) is 27.5 Å². The van der Waals surface area contributed by atoms with Crippen molar-refractivity contribution >= 4 is 10.1 Å². The zero-order chi connectivity index (χ0) is 13.6. The lowest BCUT2D eigenvalue weighted by atomic mass is 9.96. The highest BCUT2D eigenvalue weighted by molar-refractivity contribution is 7.87. The number of H-pyrrole nitrogens is 1. The minimum atomic E-state index is -4.35. The van der Waals surface area contributed by atoms with Crippen LogP contribution in [0.1, 0.15) is 18.7 Å². The second-order valence-electron chi connectivity index (χ2n) is 4.50. The number of aromatic amines is 1. The molecule has 0 bridgehead atoms. The predicted molar refractivity (Wildman–Crippen MR) is 67.1 cm³/mol. The quantitative estimate of drug-likeness (QED) is 0.777. The van der Waals surface area contributed by atoms with Crippen LogP contribution in [0.25, 0.3) is 0 Å². The second-order valence-corrected chi connectivity index (χ2v) is 6.32. The first-order chi connectivity index (χ1) is 8.25. The third-order valence-corrected chi connectivity index (χ3v) is 4.62. The Kier molecular flexibility index (Phi) is 2.83. The molecule has 2 rings (SSSR count). The molecule has 0 fully saturated rings. The summed E-state index contributed by atoms with van der Waals surface area (Å²) >= 11 is 0. The van der Waals surface area contributed by atoms with Gasteiger partial charge in [0.05, 0.1) is 6.04 Å². The fraction of sp³-hybridized carbons (Fsp3) is 0.364. The molecule has 1 aliphatic rings. The van der Waals surface area contributed by atoms with Crippen LogP contribution in [0.3, 0.4) is 0 Å². The molecular weight excluding hydrogens is 256 g/mol. The van der Waals surface area contributed by atoms with Gasteiger partial charge in [0.15, 0.2) is 0 Å². The lowest BCUT2D eigenvalue weighted by Gasteiger charge is -2.32. The van der Waals surface area contributed by atoms with Crippen molar-refractivity contribution in [3.8, 4) is 0 Å². The molecular formula is C11H14N2O4S. The molecule has 2 N–H and O–H groups in total. The molecule has 0 saturated heterocycles. The molecule has 0 radical (unpaired) electrons. The lowest BCUT2D eigenvalue weighted by Crippen LogP contribution is -2.45. The van der Waals surface area contributed by atoms with Crippen LogP contribution in [-0.2, 0) is 10.1 Å². The third kappa shape index (κ3) is 1.85. The zero-order valence-electron chi connectivity index (χ0n) is 9.99. The normalized spacial score (nSPS) is 27.6. The second kappa shape index (κ2) is 3.96. The Morgan fingerprint density at radius 1 is 1.44 bits per heavy atom. The summed E-state index contributed by atoms with van der Waals surface area (Å²) in [6.07, 6.45) is 6.10. The lowest BCUT2D eigenvalue weighted by molar-refractivity contribution is 0.390. The Morgan fingerprint density at radius 3 is 2.61 bits per heavy atom. The van der Waals surface area contributed by atoms with E-state index in [2.05, 4.69) is 5.10 Å². The SMILES string of the molecule is Cc1cc(=O)n(C2C=CC=CC2(C)S(=O)(=O)O)[nH]1. The molecule has 0 spiro atoms. The van der Waals surface area contributed by atoms with E-state index in [1.54, 1.807) is 19.1 Å². The average molecular weight is 270 g/mol. The summed E-state index contributed by atoms with van der Waals surface area (Å²) in [6.45, 7) is 3.07. The van der Waals surface area contributed by atoms with Gasteiger partial charge in [0.1, 0.15) is 4.75 Å². The van der Waals surface area contributed by atoms with E-state index in [4.69, 9.17) is 0 Å². The third-order valence-electron chi connectivity index (χ3n) is 3.13. The maximum Gasteiger partial charge on any atom is 0.276 e. The van der Waals surface area contributed by atoms with E-state index in [1.165, 1.54) is 29.8 Å². The van der Waals surface area contributed by atoms with Crippen molar-refractivity contribution < 1.29 is 13.0 Å². The van der Waals surface area contributed by atoms with Crippen LogP contribution in [0.15, 0.2) is 35.2 Å². The molecule has 6 nitrogen and oxygen atoms in total. The van der Waals surface area contributed by atoms with Gasteiger partial charge in [-0.05, 0) is 13.8 Å². The topological polar surface area (TPSA) is 92.2 Å². The van der Waals surface area contributed by atoms with Crippen LogP contribution >= 0.6 is 0 Å². The molecule has 0 aliphatic heterocycles. The van der Waals surface area contributed by atoms with E-state index in [0.717, 1.165) is 0 Å². The predicted octanol–water partition coefficient (Wildman–Crippen LogP) is 0.798. The van der Waals surface area contributed by atoms with Crippen molar-refractivity contribution in [3.05, 3.63) is 46.4 Å². The fourth-order valence-electron chi connectivity index (χ4n) is 2.03. The minimum Gasteiger partial charge on any atom is -0.299 e. The molecule has 0 amide bonds. The summed E-state index contributed by atoms with van der Waals surface area (Å²) in [6, 6.07) is 0.565. The fourth-order valence-corrected chi connectivity index (χ4v) is 2.77. The maximum atomic E-state index is 11.8. The van der Waals surface area contributed by atoms with Crippen molar-refractivity contribution in [2.45, 2.75) is 24.6 Å². The Balaban J connectivity index is 2.63. The van der Waals surface area contributed by atoms with E-state index in [-0.39, 0.29) is 5.56 Å². The average Bonchev–Trinajstić information content (AvgIpc) is 2.57. The summed E-state index contributed by atoms with van der Waals surface area (Å²) in [5.41, 5.74) is 0.285. The van der Waals surface area contributed by atoms with Crippen LogP contribution in [0.5, 0.6) is 0 Å². The van der Waals surface area contributed by atoms with Crippen LogP contribution < -0.4 is 5.56 Å². The molecule has 1 heterocycles. The van der Waals surface area contributed by atoms with Gasteiger partial charge in [-0.2, -0.15) is 8.42 Å². The van der Waals surface area contributed by atoms with Crippen LogP contribution in [0.2, 0.25) is 0 Å². The summed E-state index contributed by atoms with van der Waals surface area (Å²) in [5.74, 6) is 0. The molecule has 2 unspecified atom stereocenters. The molecule has 1 aromatic heterocycles. The first-order valence-electron chi connectivity index (χ1n) is 5.37. The van der Waals surface area contributed by atoms with Gasteiger partial charge in [0.2, 0.25) is 0 Å². The maximum absolute atomic E-state index is 11.8. The molecule has 7 heteroatoms. The Bertz CT molecular complexity index is 680. The standard InChI is InChI=1S/C11H14N2O4S/c1-8-7-10(14)13(12-8)9-5-3-4-6-11(9,2)18(15,16)17/h3-7,9,12H,1-2H3,(H,15,16,17). The molecule has 1 aromatic rings. The number of aromatic nitrogens is 2. The number of nitrogens with one attached hydrogen (secondary N) is 1. The van der Waals surface area contributed by atoms with Crippen LogP contribution in [0, 0.1) is 6.92 Å². The molecule has 98 valence electrons. The first-order valence-corrected chi connectivity index (χ1v) is 6.81. The highest BCUT2D eigenvalue weighted by atomic mass is 32.2. The van der Waals surface area contributed by atoms with Gasteiger partial charge >= 0.3 is 0 Å². The summed E-state index contributed by atoms with van der Waals surface area (Å²) in [5, 5.41) is 2.78. The monoisotopic (exact) mass is 270 g/mol. The Labute approximate surface area is 104 Å². The van der Waals surface area contributed by atoms with Gasteiger partial charge < -0.3 is 0 Å². The van der Waals surface area contributed by atoms with E-state index >= 15 is 0 Å². The number of allylic oxidation sites excluding steroid dienone is 3. The van der Waals surface area contributed by atoms with Gasteiger partial charge in [0.25, 0.3) is 15.7 Å². The molecule has 2 atom stereocenters.